The van der Waals surface area contributed by atoms with Crippen molar-refractivity contribution in [3.05, 3.63) is 77.9 Å². The quantitative estimate of drug-likeness (QED) is 0.419. The number of hydrazine groups is 1. The second kappa shape index (κ2) is 10.6. The third-order valence-corrected chi connectivity index (χ3v) is 3.76. The Morgan fingerprint density at radius 1 is 1.00 bits per heavy atom. The molecule has 0 atom stereocenters. The van der Waals surface area contributed by atoms with E-state index in [2.05, 4.69) is 17.4 Å². The van der Waals surface area contributed by atoms with Gasteiger partial charge in [-0.25, -0.2) is 0 Å². The van der Waals surface area contributed by atoms with Crippen LogP contribution in [0.5, 0.6) is 11.5 Å². The maximum atomic E-state index is 11.8. The van der Waals surface area contributed by atoms with Gasteiger partial charge in [0.15, 0.2) is 6.61 Å². The fraction of sp³-hybridized carbons (Fsp3) is 0.182. The normalized spacial score (nSPS) is 10.4. The van der Waals surface area contributed by atoms with Crippen LogP contribution in [0.4, 0.5) is 0 Å². The van der Waals surface area contributed by atoms with Gasteiger partial charge in [-0.1, -0.05) is 43.0 Å². The number of para-hydroxylation sites is 1. The third kappa shape index (κ3) is 6.64. The van der Waals surface area contributed by atoms with E-state index in [1.165, 1.54) is 6.08 Å². The van der Waals surface area contributed by atoms with Crippen molar-refractivity contribution in [3.8, 4) is 11.5 Å². The van der Waals surface area contributed by atoms with Crippen LogP contribution in [-0.4, -0.2) is 25.0 Å². The van der Waals surface area contributed by atoms with Gasteiger partial charge in [0.1, 0.15) is 18.1 Å². The number of amides is 2. The lowest BCUT2D eigenvalue weighted by Crippen LogP contribution is -2.43. The van der Waals surface area contributed by atoms with Crippen molar-refractivity contribution in [2.45, 2.75) is 13.8 Å². The average molecular weight is 380 g/mol. The molecule has 0 aromatic heterocycles. The van der Waals surface area contributed by atoms with Crippen molar-refractivity contribution in [3.63, 3.8) is 0 Å². The van der Waals surface area contributed by atoms with E-state index in [-0.39, 0.29) is 6.61 Å². The monoisotopic (exact) mass is 380 g/mol. The molecule has 0 heterocycles. The van der Waals surface area contributed by atoms with Crippen molar-refractivity contribution < 1.29 is 19.1 Å². The van der Waals surface area contributed by atoms with Crippen LogP contribution >= 0.6 is 0 Å². The Morgan fingerprint density at radius 3 is 2.32 bits per heavy atom. The van der Waals surface area contributed by atoms with Gasteiger partial charge >= 0.3 is 0 Å². The number of carbonyl (C=O) groups is 2. The van der Waals surface area contributed by atoms with Gasteiger partial charge in [-0.3, -0.25) is 20.4 Å². The van der Waals surface area contributed by atoms with Gasteiger partial charge in [0.05, 0.1) is 0 Å². The Kier molecular flexibility index (Phi) is 7.84. The van der Waals surface area contributed by atoms with Crippen LogP contribution < -0.4 is 20.3 Å². The second-order valence-electron chi connectivity index (χ2n) is 6.05. The summed E-state index contributed by atoms with van der Waals surface area (Å²) in [6.07, 6.45) is 4.62. The van der Waals surface area contributed by atoms with Crippen LogP contribution in [0.25, 0.3) is 6.08 Å². The molecule has 0 spiro atoms. The summed E-state index contributed by atoms with van der Waals surface area (Å²) in [7, 11) is 0. The highest BCUT2D eigenvalue weighted by Crippen LogP contribution is 2.21. The summed E-state index contributed by atoms with van der Waals surface area (Å²) in [5.74, 6) is 0.488. The summed E-state index contributed by atoms with van der Waals surface area (Å²) < 4.78 is 10.9. The summed E-state index contributed by atoms with van der Waals surface area (Å²) in [4.78, 5) is 23.7. The largest absolute Gasteiger partial charge is 0.490 e. The minimum absolute atomic E-state index is 0.193. The highest BCUT2D eigenvalue weighted by Gasteiger charge is 2.07. The fourth-order valence-electron chi connectivity index (χ4n) is 2.38. The number of hydrogen-bond acceptors (Lipinski definition) is 4. The van der Waals surface area contributed by atoms with Crippen LogP contribution in [0.3, 0.4) is 0 Å². The molecule has 0 aliphatic rings. The highest BCUT2D eigenvalue weighted by molar-refractivity contribution is 5.93. The van der Waals surface area contributed by atoms with E-state index < -0.39 is 11.8 Å². The van der Waals surface area contributed by atoms with Crippen molar-refractivity contribution in [1.82, 2.24) is 10.9 Å². The number of aryl methyl sites for hydroxylation is 2. The molecule has 6 heteroatoms. The number of ether oxygens (including phenoxy) is 2. The van der Waals surface area contributed by atoms with Crippen molar-refractivity contribution >= 4 is 17.9 Å². The van der Waals surface area contributed by atoms with E-state index in [4.69, 9.17) is 9.47 Å². The van der Waals surface area contributed by atoms with Gasteiger partial charge in [0.2, 0.25) is 0 Å². The molecule has 0 bridgehead atoms. The van der Waals surface area contributed by atoms with Crippen LogP contribution in [0.1, 0.15) is 16.7 Å². The average Bonchev–Trinajstić information content (AvgIpc) is 2.69. The number of nitrogens with one attached hydrogen (secondary N) is 2. The molecular weight excluding hydrogens is 356 g/mol. The highest BCUT2D eigenvalue weighted by atomic mass is 16.5. The Morgan fingerprint density at radius 2 is 1.68 bits per heavy atom. The Bertz CT molecular complexity index is 837. The first-order chi connectivity index (χ1) is 13.5. The molecule has 0 aliphatic heterocycles. The minimum atomic E-state index is -0.451. The standard InChI is InChI=1S/C22H24N2O4/c1-4-14-27-19-11-8-18(9-12-19)10-13-20(25)23-24-21(26)15-28-22-16(2)6-5-7-17(22)3/h4-13H,1,14-15H2,2-3H3,(H,23,25)(H,24,26)/b13-10+. The molecule has 2 N–H and O–H groups in total. The van der Waals surface area contributed by atoms with Gasteiger partial charge in [-0.2, -0.15) is 0 Å². The van der Waals surface area contributed by atoms with Crippen LogP contribution in [-0.2, 0) is 9.59 Å². The zero-order valence-electron chi connectivity index (χ0n) is 16.0. The lowest BCUT2D eigenvalue weighted by Gasteiger charge is -2.11. The molecule has 0 aliphatic carbocycles. The SMILES string of the molecule is C=CCOc1ccc(/C=C/C(=O)NNC(=O)COc2c(C)cccc2C)cc1. The third-order valence-electron chi connectivity index (χ3n) is 3.76. The number of benzene rings is 2. The van der Waals surface area contributed by atoms with Crippen LogP contribution in [0.15, 0.2) is 61.2 Å². The fourth-order valence-corrected chi connectivity index (χ4v) is 2.38. The van der Waals surface area contributed by atoms with Crippen molar-refractivity contribution in [2.24, 2.45) is 0 Å². The van der Waals surface area contributed by atoms with E-state index in [9.17, 15) is 9.59 Å². The van der Waals surface area contributed by atoms with E-state index >= 15 is 0 Å². The van der Waals surface area contributed by atoms with Crippen LogP contribution in [0.2, 0.25) is 0 Å². The maximum Gasteiger partial charge on any atom is 0.276 e. The summed E-state index contributed by atoms with van der Waals surface area (Å²) in [6.45, 7) is 7.65. The van der Waals surface area contributed by atoms with Crippen molar-refractivity contribution in [1.29, 1.82) is 0 Å². The van der Waals surface area contributed by atoms with Crippen molar-refractivity contribution in [2.75, 3.05) is 13.2 Å². The summed E-state index contributed by atoms with van der Waals surface area (Å²) in [5.41, 5.74) is 7.35. The maximum absolute atomic E-state index is 11.8. The second-order valence-corrected chi connectivity index (χ2v) is 6.05. The molecular formula is C22H24N2O4. The molecule has 0 radical (unpaired) electrons. The van der Waals surface area contributed by atoms with Crippen LogP contribution in [0, 0.1) is 13.8 Å². The first-order valence-corrected chi connectivity index (χ1v) is 8.79. The minimum Gasteiger partial charge on any atom is -0.490 e. The van der Waals surface area contributed by atoms with E-state index in [1.54, 1.807) is 24.3 Å². The Hall–Kier alpha value is -3.54. The molecule has 0 saturated carbocycles. The Labute approximate surface area is 164 Å². The molecule has 0 fully saturated rings. The smallest absolute Gasteiger partial charge is 0.276 e. The number of rotatable bonds is 8. The zero-order chi connectivity index (χ0) is 20.4. The van der Waals surface area contributed by atoms with Gasteiger partial charge in [-0.05, 0) is 48.7 Å². The number of hydrogen-bond donors (Lipinski definition) is 2. The predicted octanol–water partition coefficient (Wildman–Crippen LogP) is 3.11. The summed E-state index contributed by atoms with van der Waals surface area (Å²) in [6, 6.07) is 13.0. The van der Waals surface area contributed by atoms with Gasteiger partial charge in [0, 0.05) is 6.08 Å². The molecule has 28 heavy (non-hydrogen) atoms. The molecule has 2 rings (SSSR count). The molecule has 2 aromatic carbocycles. The van der Waals surface area contributed by atoms with Gasteiger partial charge < -0.3 is 9.47 Å². The molecule has 2 aromatic rings. The predicted molar refractivity (Wildman–Crippen MR) is 109 cm³/mol. The molecule has 0 unspecified atom stereocenters. The molecule has 0 saturated heterocycles. The molecule has 2 amide bonds. The number of carbonyl (C=O) groups excluding carboxylic acids is 2. The molecule has 6 nitrogen and oxygen atoms in total. The lowest BCUT2D eigenvalue weighted by atomic mass is 10.1. The van der Waals surface area contributed by atoms with Gasteiger partial charge in [-0.15, -0.1) is 0 Å². The molecule has 146 valence electrons. The first-order valence-electron chi connectivity index (χ1n) is 8.79. The Balaban J connectivity index is 1.76. The zero-order valence-corrected chi connectivity index (χ0v) is 16.0. The summed E-state index contributed by atoms with van der Waals surface area (Å²) >= 11 is 0. The van der Waals surface area contributed by atoms with E-state index in [1.807, 2.05) is 44.2 Å². The van der Waals surface area contributed by atoms with E-state index in [0.29, 0.717) is 12.4 Å². The van der Waals surface area contributed by atoms with Gasteiger partial charge in [0.25, 0.3) is 11.8 Å². The summed E-state index contributed by atoms with van der Waals surface area (Å²) in [5, 5.41) is 0. The van der Waals surface area contributed by atoms with E-state index in [0.717, 1.165) is 22.4 Å². The first kappa shape index (κ1) is 20.8. The lowest BCUT2D eigenvalue weighted by molar-refractivity contribution is -0.128. The topological polar surface area (TPSA) is 76.7 Å².